The van der Waals surface area contributed by atoms with E-state index in [4.69, 9.17) is 0 Å². The number of hydrogen-bond acceptors (Lipinski definition) is 6. The highest BCUT2D eigenvalue weighted by atomic mass is 32.2. The molecule has 3 heterocycles. The Labute approximate surface area is 204 Å². The molecule has 2 aliphatic heterocycles. The van der Waals surface area contributed by atoms with Crippen LogP contribution in [-0.2, 0) is 20.4 Å². The number of sulfone groups is 1. The molecule has 0 spiro atoms. The second kappa shape index (κ2) is 9.24. The molecule has 5 rings (SSSR count). The number of hydrogen-bond donors (Lipinski definition) is 1. The number of carbonyl (C=O) groups excluding carboxylic acids is 2. The monoisotopic (exact) mass is 490 g/mol. The average molecular weight is 491 g/mol. The third kappa shape index (κ3) is 4.56. The van der Waals surface area contributed by atoms with Gasteiger partial charge in [-0.3, -0.25) is 19.5 Å². The third-order valence-corrected chi connectivity index (χ3v) is 8.25. The molecule has 1 unspecified atom stereocenters. The lowest BCUT2D eigenvalue weighted by Gasteiger charge is -2.40. The van der Waals surface area contributed by atoms with Gasteiger partial charge in [-0.25, -0.2) is 8.42 Å². The fraction of sp³-hybridized carbons (Fsp3) is 0.269. The number of pyridine rings is 1. The summed E-state index contributed by atoms with van der Waals surface area (Å²) in [5.41, 5.74) is 3.49. The second-order valence-corrected chi connectivity index (χ2v) is 10.8. The van der Waals surface area contributed by atoms with Crippen molar-refractivity contribution in [1.29, 1.82) is 0 Å². The lowest BCUT2D eigenvalue weighted by Crippen LogP contribution is -2.50. The van der Waals surface area contributed by atoms with Crippen LogP contribution in [0.1, 0.15) is 40.0 Å². The Morgan fingerprint density at radius 2 is 1.63 bits per heavy atom. The van der Waals surface area contributed by atoms with Crippen molar-refractivity contribution in [2.75, 3.05) is 31.5 Å². The molecule has 1 fully saturated rings. The Balaban J connectivity index is 1.41. The Kier molecular flexibility index (Phi) is 6.12. The maximum Gasteiger partial charge on any atom is 0.255 e. The predicted octanol–water partition coefficient (Wildman–Crippen LogP) is 2.87. The number of anilines is 1. The minimum Gasteiger partial charge on any atom is -0.336 e. The fourth-order valence-electron chi connectivity index (χ4n) is 4.96. The van der Waals surface area contributed by atoms with Crippen LogP contribution >= 0.6 is 0 Å². The van der Waals surface area contributed by atoms with E-state index in [-0.39, 0.29) is 23.6 Å². The summed E-state index contributed by atoms with van der Waals surface area (Å²) in [4.78, 5) is 33.0. The van der Waals surface area contributed by atoms with Gasteiger partial charge in [0.15, 0.2) is 9.84 Å². The van der Waals surface area contributed by atoms with E-state index >= 15 is 0 Å². The van der Waals surface area contributed by atoms with Gasteiger partial charge in [0.05, 0.1) is 34.1 Å². The SMILES string of the molecule is CC(=O)Nc1cncc(C(=O)N2CCN(C3c4ccccc4CS(=O)(=O)c4ccccc43)CC2)c1. The van der Waals surface area contributed by atoms with Crippen LogP contribution in [0.5, 0.6) is 0 Å². The normalized spacial score (nSPS) is 19.2. The van der Waals surface area contributed by atoms with E-state index in [0.29, 0.717) is 42.3 Å². The number of benzene rings is 2. The van der Waals surface area contributed by atoms with Gasteiger partial charge in [0, 0.05) is 39.3 Å². The molecule has 35 heavy (non-hydrogen) atoms. The Morgan fingerprint density at radius 3 is 2.37 bits per heavy atom. The molecule has 2 aliphatic rings. The Bertz CT molecular complexity index is 1400. The molecule has 0 saturated carbocycles. The molecule has 1 N–H and O–H groups in total. The zero-order valence-electron chi connectivity index (χ0n) is 19.3. The molecule has 1 saturated heterocycles. The van der Waals surface area contributed by atoms with Crippen LogP contribution in [0.2, 0.25) is 0 Å². The standard InChI is InChI=1S/C26H26N4O4S/c1-18(31)28-21-14-20(15-27-16-21)26(32)30-12-10-29(11-13-30)25-22-7-3-2-6-19(22)17-35(33,34)24-9-5-4-8-23(24)25/h2-9,14-16,25H,10-13,17H2,1H3,(H,28,31). The van der Waals surface area contributed by atoms with Crippen molar-refractivity contribution < 1.29 is 18.0 Å². The molecule has 0 bridgehead atoms. The van der Waals surface area contributed by atoms with Gasteiger partial charge >= 0.3 is 0 Å². The molecule has 8 nitrogen and oxygen atoms in total. The predicted molar refractivity (Wildman–Crippen MR) is 132 cm³/mol. The summed E-state index contributed by atoms with van der Waals surface area (Å²) >= 11 is 0. The van der Waals surface area contributed by atoms with Crippen molar-refractivity contribution in [3.8, 4) is 0 Å². The summed E-state index contributed by atoms with van der Waals surface area (Å²) in [6.45, 7) is 3.59. The quantitative estimate of drug-likeness (QED) is 0.606. The first kappa shape index (κ1) is 23.2. The van der Waals surface area contributed by atoms with Gasteiger partial charge in [-0.2, -0.15) is 0 Å². The van der Waals surface area contributed by atoms with E-state index in [1.54, 1.807) is 23.1 Å². The topological polar surface area (TPSA) is 99.7 Å². The second-order valence-electron chi connectivity index (χ2n) is 8.87. The number of aromatic nitrogens is 1. The van der Waals surface area contributed by atoms with Gasteiger partial charge in [0.1, 0.15) is 0 Å². The molecule has 1 aromatic heterocycles. The Morgan fingerprint density at radius 1 is 0.943 bits per heavy atom. The number of carbonyl (C=O) groups is 2. The van der Waals surface area contributed by atoms with E-state index < -0.39 is 9.84 Å². The summed E-state index contributed by atoms with van der Waals surface area (Å²) in [7, 11) is -3.46. The highest BCUT2D eigenvalue weighted by Crippen LogP contribution is 2.40. The van der Waals surface area contributed by atoms with E-state index in [9.17, 15) is 18.0 Å². The maximum atomic E-state index is 13.2. The molecule has 2 amide bonds. The minimum absolute atomic E-state index is 0.0211. The fourth-order valence-corrected chi connectivity index (χ4v) is 6.61. The zero-order chi connectivity index (χ0) is 24.6. The number of rotatable bonds is 3. The summed E-state index contributed by atoms with van der Waals surface area (Å²) in [5.74, 6) is -0.392. The molecule has 9 heteroatoms. The molecule has 0 radical (unpaired) electrons. The summed E-state index contributed by atoms with van der Waals surface area (Å²) in [6.07, 6.45) is 3.01. The smallest absolute Gasteiger partial charge is 0.255 e. The van der Waals surface area contributed by atoms with Crippen molar-refractivity contribution in [1.82, 2.24) is 14.8 Å². The van der Waals surface area contributed by atoms with Crippen LogP contribution < -0.4 is 5.32 Å². The van der Waals surface area contributed by atoms with Crippen molar-refractivity contribution in [2.24, 2.45) is 0 Å². The van der Waals surface area contributed by atoms with Crippen LogP contribution in [0.15, 0.2) is 71.9 Å². The van der Waals surface area contributed by atoms with E-state index in [1.807, 2.05) is 36.4 Å². The highest BCUT2D eigenvalue weighted by Gasteiger charge is 2.36. The first-order valence-electron chi connectivity index (χ1n) is 11.5. The van der Waals surface area contributed by atoms with Crippen LogP contribution in [0, 0.1) is 0 Å². The Hall–Kier alpha value is -3.56. The number of nitrogens with one attached hydrogen (secondary N) is 1. The molecular formula is C26H26N4O4S. The molecular weight excluding hydrogens is 464 g/mol. The van der Waals surface area contributed by atoms with Gasteiger partial charge in [0.2, 0.25) is 5.91 Å². The molecule has 0 aliphatic carbocycles. The summed E-state index contributed by atoms with van der Waals surface area (Å²) in [5, 5.41) is 2.65. The molecule has 1 atom stereocenters. The molecule has 3 aromatic rings. The van der Waals surface area contributed by atoms with Crippen LogP contribution in [0.3, 0.4) is 0 Å². The summed E-state index contributed by atoms with van der Waals surface area (Å²) in [6, 6.07) is 16.4. The van der Waals surface area contributed by atoms with Crippen LogP contribution in [0.25, 0.3) is 0 Å². The van der Waals surface area contributed by atoms with Gasteiger partial charge in [-0.15, -0.1) is 0 Å². The number of fused-ring (bicyclic) bond motifs is 2. The zero-order valence-corrected chi connectivity index (χ0v) is 20.2. The number of amides is 2. The maximum absolute atomic E-state index is 13.2. The molecule has 180 valence electrons. The lowest BCUT2D eigenvalue weighted by atomic mass is 9.93. The van der Waals surface area contributed by atoms with Gasteiger partial charge in [-0.05, 0) is 28.8 Å². The third-order valence-electron chi connectivity index (χ3n) is 6.52. The number of piperazine rings is 1. The van der Waals surface area contributed by atoms with Crippen LogP contribution in [-0.4, -0.2) is 61.2 Å². The van der Waals surface area contributed by atoms with Crippen molar-refractivity contribution in [3.63, 3.8) is 0 Å². The molecule has 2 aromatic carbocycles. The van der Waals surface area contributed by atoms with E-state index in [1.165, 1.54) is 19.3 Å². The van der Waals surface area contributed by atoms with Gasteiger partial charge in [-0.1, -0.05) is 42.5 Å². The van der Waals surface area contributed by atoms with E-state index in [0.717, 1.165) is 16.7 Å². The average Bonchev–Trinajstić information content (AvgIpc) is 2.95. The van der Waals surface area contributed by atoms with E-state index in [2.05, 4.69) is 15.2 Å². The van der Waals surface area contributed by atoms with Crippen molar-refractivity contribution in [2.45, 2.75) is 23.6 Å². The highest BCUT2D eigenvalue weighted by molar-refractivity contribution is 7.90. The van der Waals surface area contributed by atoms with Crippen LogP contribution in [0.4, 0.5) is 5.69 Å². The summed E-state index contributed by atoms with van der Waals surface area (Å²) < 4.78 is 26.3. The largest absolute Gasteiger partial charge is 0.336 e. The minimum atomic E-state index is -3.46. The first-order chi connectivity index (χ1) is 16.8. The van der Waals surface area contributed by atoms with Crippen molar-refractivity contribution in [3.05, 3.63) is 89.2 Å². The van der Waals surface area contributed by atoms with Crippen molar-refractivity contribution >= 4 is 27.3 Å². The first-order valence-corrected chi connectivity index (χ1v) is 13.1. The number of nitrogens with zero attached hydrogens (tertiary/aromatic N) is 3. The lowest BCUT2D eigenvalue weighted by molar-refractivity contribution is -0.114. The van der Waals surface area contributed by atoms with Gasteiger partial charge < -0.3 is 10.2 Å². The van der Waals surface area contributed by atoms with Gasteiger partial charge in [0.25, 0.3) is 5.91 Å².